The van der Waals surface area contributed by atoms with E-state index in [0.717, 1.165) is 6.42 Å². The highest BCUT2D eigenvalue weighted by atomic mass is 35.5. The molecule has 1 aliphatic carbocycles. The number of alkyl halides is 1. The van der Waals surface area contributed by atoms with Crippen molar-refractivity contribution in [2.45, 2.75) is 19.8 Å². The molecule has 0 saturated carbocycles. The van der Waals surface area contributed by atoms with Gasteiger partial charge < -0.3 is 0 Å². The Morgan fingerprint density at radius 3 is 2.24 bits per heavy atom. The topological polar surface area (TPSA) is 34.1 Å². The van der Waals surface area contributed by atoms with Gasteiger partial charge in [-0.25, -0.2) is 0 Å². The number of ketones is 2. The zero-order valence-corrected chi connectivity index (χ0v) is 10.4. The maximum absolute atomic E-state index is 12.2. The molecule has 0 N–H and O–H groups in total. The van der Waals surface area contributed by atoms with Crippen LogP contribution in [0.4, 0.5) is 0 Å². The summed E-state index contributed by atoms with van der Waals surface area (Å²) in [4.78, 5) is 24.3. The highest BCUT2D eigenvalue weighted by molar-refractivity contribution is 6.26. The normalized spacial score (nSPS) is 15.2. The SMILES string of the molecule is CC1=C(CCCCl)C(=O)c2ccccc2C1=O. The van der Waals surface area contributed by atoms with Crippen LogP contribution in [0, 0.1) is 0 Å². The number of rotatable bonds is 3. The summed E-state index contributed by atoms with van der Waals surface area (Å²) in [5, 5.41) is 0. The molecule has 2 nitrogen and oxygen atoms in total. The van der Waals surface area contributed by atoms with Gasteiger partial charge in [-0.15, -0.1) is 11.6 Å². The molecule has 2 rings (SSSR count). The molecule has 0 radical (unpaired) electrons. The zero-order valence-electron chi connectivity index (χ0n) is 9.63. The quantitative estimate of drug-likeness (QED) is 0.769. The van der Waals surface area contributed by atoms with E-state index >= 15 is 0 Å². The Kier molecular flexibility index (Phi) is 3.43. The van der Waals surface area contributed by atoms with E-state index in [2.05, 4.69) is 0 Å². The second-order valence-corrected chi connectivity index (χ2v) is 4.48. The third kappa shape index (κ3) is 2.05. The van der Waals surface area contributed by atoms with Crippen LogP contribution in [0.25, 0.3) is 0 Å². The maximum atomic E-state index is 12.2. The van der Waals surface area contributed by atoms with E-state index in [1.165, 1.54) is 0 Å². The van der Waals surface area contributed by atoms with Gasteiger partial charge in [-0.3, -0.25) is 9.59 Å². The van der Waals surface area contributed by atoms with Crippen LogP contribution in [0.15, 0.2) is 35.4 Å². The molecule has 0 saturated heterocycles. The minimum absolute atomic E-state index is 0.0252. The van der Waals surface area contributed by atoms with Gasteiger partial charge in [-0.1, -0.05) is 24.3 Å². The largest absolute Gasteiger partial charge is 0.289 e. The van der Waals surface area contributed by atoms with E-state index in [-0.39, 0.29) is 11.6 Å². The number of hydrogen-bond acceptors (Lipinski definition) is 2. The number of fused-ring (bicyclic) bond motifs is 1. The molecule has 0 unspecified atom stereocenters. The second-order valence-electron chi connectivity index (χ2n) is 4.10. The summed E-state index contributed by atoms with van der Waals surface area (Å²) < 4.78 is 0. The monoisotopic (exact) mass is 248 g/mol. The molecule has 3 heteroatoms. The average Bonchev–Trinajstić information content (AvgIpc) is 2.36. The lowest BCUT2D eigenvalue weighted by atomic mass is 9.83. The van der Waals surface area contributed by atoms with Gasteiger partial charge in [0.1, 0.15) is 0 Å². The summed E-state index contributed by atoms with van der Waals surface area (Å²) in [7, 11) is 0. The van der Waals surface area contributed by atoms with Gasteiger partial charge in [-0.05, 0) is 19.8 Å². The van der Waals surface area contributed by atoms with Crippen molar-refractivity contribution >= 4 is 23.2 Å². The molecule has 0 aromatic heterocycles. The molecular formula is C14H13ClO2. The van der Waals surface area contributed by atoms with Crippen LogP contribution in [0.3, 0.4) is 0 Å². The van der Waals surface area contributed by atoms with Crippen molar-refractivity contribution in [2.75, 3.05) is 5.88 Å². The van der Waals surface area contributed by atoms with Crippen molar-refractivity contribution in [1.82, 2.24) is 0 Å². The molecule has 0 heterocycles. The lowest BCUT2D eigenvalue weighted by Gasteiger charge is -2.18. The molecule has 1 aromatic carbocycles. The van der Waals surface area contributed by atoms with Crippen molar-refractivity contribution in [2.24, 2.45) is 0 Å². The first-order chi connectivity index (χ1) is 8.16. The van der Waals surface area contributed by atoms with Gasteiger partial charge in [0.05, 0.1) is 0 Å². The first kappa shape index (κ1) is 12.1. The highest BCUT2D eigenvalue weighted by Crippen LogP contribution is 2.28. The third-order valence-corrected chi connectivity index (χ3v) is 3.31. The van der Waals surface area contributed by atoms with Crippen molar-refractivity contribution in [3.8, 4) is 0 Å². The van der Waals surface area contributed by atoms with Crippen LogP contribution in [0.5, 0.6) is 0 Å². The zero-order chi connectivity index (χ0) is 12.4. The Hall–Kier alpha value is -1.41. The van der Waals surface area contributed by atoms with Crippen LogP contribution >= 0.6 is 11.6 Å². The van der Waals surface area contributed by atoms with E-state index < -0.39 is 0 Å². The van der Waals surface area contributed by atoms with Gasteiger partial charge in [0.2, 0.25) is 0 Å². The number of halogens is 1. The predicted octanol–water partition coefficient (Wildman–Crippen LogP) is 3.40. The molecule has 1 aliphatic rings. The number of allylic oxidation sites excluding steroid dienone is 2. The summed E-state index contributed by atoms with van der Waals surface area (Å²) in [5.41, 5.74) is 2.23. The lowest BCUT2D eigenvalue weighted by molar-refractivity contribution is 0.0972. The van der Waals surface area contributed by atoms with Gasteiger partial charge in [-0.2, -0.15) is 0 Å². The Balaban J connectivity index is 2.47. The van der Waals surface area contributed by atoms with E-state index in [1.807, 2.05) is 0 Å². The molecule has 17 heavy (non-hydrogen) atoms. The van der Waals surface area contributed by atoms with Crippen LogP contribution in [-0.4, -0.2) is 17.4 Å². The molecule has 88 valence electrons. The fraction of sp³-hybridized carbons (Fsp3) is 0.286. The van der Waals surface area contributed by atoms with Crippen LogP contribution in [0.2, 0.25) is 0 Å². The molecule has 0 atom stereocenters. The molecular weight excluding hydrogens is 236 g/mol. The standard InChI is InChI=1S/C14H13ClO2/c1-9-10(7-4-8-15)14(17)12-6-3-2-5-11(12)13(9)16/h2-3,5-6H,4,7-8H2,1H3. The molecule has 0 spiro atoms. The Morgan fingerprint density at radius 2 is 1.65 bits per heavy atom. The Morgan fingerprint density at radius 1 is 1.06 bits per heavy atom. The number of Topliss-reactive ketones (excluding diaryl/α,β-unsaturated/α-hetero) is 2. The van der Waals surface area contributed by atoms with E-state index in [0.29, 0.717) is 34.6 Å². The Bertz CT molecular complexity index is 515. The summed E-state index contributed by atoms with van der Waals surface area (Å²) >= 11 is 5.63. The third-order valence-electron chi connectivity index (χ3n) is 3.04. The van der Waals surface area contributed by atoms with Gasteiger partial charge in [0, 0.05) is 28.2 Å². The molecule has 0 aliphatic heterocycles. The molecule has 0 fully saturated rings. The first-order valence-corrected chi connectivity index (χ1v) is 6.14. The summed E-state index contributed by atoms with van der Waals surface area (Å²) in [6.45, 7) is 1.72. The average molecular weight is 249 g/mol. The maximum Gasteiger partial charge on any atom is 0.190 e. The van der Waals surface area contributed by atoms with Crippen LogP contribution < -0.4 is 0 Å². The van der Waals surface area contributed by atoms with Gasteiger partial charge in [0.25, 0.3) is 0 Å². The smallest absolute Gasteiger partial charge is 0.190 e. The van der Waals surface area contributed by atoms with Crippen molar-refractivity contribution in [3.63, 3.8) is 0 Å². The predicted molar refractivity (Wildman–Crippen MR) is 67.8 cm³/mol. The second kappa shape index (κ2) is 4.84. The van der Waals surface area contributed by atoms with E-state index in [1.54, 1.807) is 31.2 Å². The van der Waals surface area contributed by atoms with E-state index in [4.69, 9.17) is 11.6 Å². The number of carbonyl (C=O) groups is 2. The van der Waals surface area contributed by atoms with Crippen molar-refractivity contribution in [1.29, 1.82) is 0 Å². The Labute approximate surface area is 105 Å². The molecule has 0 bridgehead atoms. The summed E-state index contributed by atoms with van der Waals surface area (Å²) in [6.07, 6.45) is 1.30. The van der Waals surface area contributed by atoms with E-state index in [9.17, 15) is 9.59 Å². The number of benzene rings is 1. The molecule has 1 aromatic rings. The van der Waals surface area contributed by atoms with Crippen LogP contribution in [0.1, 0.15) is 40.5 Å². The summed E-state index contributed by atoms with van der Waals surface area (Å²) in [6, 6.07) is 6.98. The van der Waals surface area contributed by atoms with Crippen molar-refractivity contribution < 1.29 is 9.59 Å². The number of hydrogen-bond donors (Lipinski definition) is 0. The molecule has 0 amide bonds. The fourth-order valence-corrected chi connectivity index (χ4v) is 2.23. The first-order valence-electron chi connectivity index (χ1n) is 5.61. The lowest BCUT2D eigenvalue weighted by Crippen LogP contribution is -2.20. The van der Waals surface area contributed by atoms with Crippen LogP contribution in [-0.2, 0) is 0 Å². The number of carbonyl (C=O) groups excluding carboxylic acids is 2. The van der Waals surface area contributed by atoms with Gasteiger partial charge in [0.15, 0.2) is 11.6 Å². The minimum Gasteiger partial charge on any atom is -0.289 e. The van der Waals surface area contributed by atoms with Crippen molar-refractivity contribution in [3.05, 3.63) is 46.5 Å². The fourth-order valence-electron chi connectivity index (χ4n) is 2.10. The highest BCUT2D eigenvalue weighted by Gasteiger charge is 2.28. The summed E-state index contributed by atoms with van der Waals surface area (Å²) in [5.74, 6) is 0.437. The minimum atomic E-state index is -0.0372. The van der Waals surface area contributed by atoms with Gasteiger partial charge >= 0.3 is 0 Å².